The number of rotatable bonds is 14. The summed E-state index contributed by atoms with van der Waals surface area (Å²) in [5.41, 5.74) is 5.46. The molecule has 0 bridgehead atoms. The lowest BCUT2D eigenvalue weighted by Crippen LogP contribution is -2.27. The molecule has 0 saturated carbocycles. The molecule has 0 spiro atoms. The summed E-state index contributed by atoms with van der Waals surface area (Å²) in [4.78, 5) is 23.0. The fourth-order valence-corrected chi connectivity index (χ4v) is 3.44. The summed E-state index contributed by atoms with van der Waals surface area (Å²) in [6, 6.07) is 1.79. The van der Waals surface area contributed by atoms with Crippen molar-refractivity contribution in [1.82, 2.24) is 15.3 Å². The molecule has 6 nitrogen and oxygen atoms in total. The van der Waals surface area contributed by atoms with Crippen LogP contribution < -0.4 is 16.0 Å². The number of hydrogen-bond acceptors (Lipinski definition) is 6. The maximum Gasteiger partial charge on any atom is 0.230 e. The van der Waals surface area contributed by atoms with Gasteiger partial charge in [0.15, 0.2) is 5.16 Å². The fourth-order valence-electron chi connectivity index (χ4n) is 2.52. The van der Waals surface area contributed by atoms with E-state index in [2.05, 4.69) is 34.0 Å². The first-order valence-electron chi connectivity index (χ1n) is 9.49. The maximum atomic E-state index is 12.0. The predicted octanol–water partition coefficient (Wildman–Crippen LogP) is 3.48. The Bertz CT molecular complexity index is 526. The summed E-state index contributed by atoms with van der Waals surface area (Å²) in [5.74, 6) is 1.12. The number of nitrogens with zero attached hydrogens (tertiary/aromatic N) is 3. The molecular weight excluding hydrogens is 370 g/mol. The first-order chi connectivity index (χ1) is 12.6. The molecule has 26 heavy (non-hydrogen) atoms. The first kappa shape index (κ1) is 23.0. The molecule has 3 N–H and O–H groups in total. The van der Waals surface area contributed by atoms with E-state index in [4.69, 9.17) is 17.3 Å². The smallest absolute Gasteiger partial charge is 0.230 e. The number of aromatic nitrogens is 2. The van der Waals surface area contributed by atoms with E-state index >= 15 is 0 Å². The minimum atomic E-state index is -0.00192. The van der Waals surface area contributed by atoms with Crippen LogP contribution in [0.3, 0.4) is 0 Å². The van der Waals surface area contributed by atoms with Gasteiger partial charge in [0.2, 0.25) is 5.91 Å². The second-order valence-corrected chi connectivity index (χ2v) is 7.49. The molecule has 8 heteroatoms. The van der Waals surface area contributed by atoms with Crippen LogP contribution in [-0.4, -0.2) is 47.8 Å². The molecule has 0 unspecified atom stereocenters. The van der Waals surface area contributed by atoms with E-state index < -0.39 is 0 Å². The van der Waals surface area contributed by atoms with Gasteiger partial charge in [-0.2, -0.15) is 0 Å². The Kier molecular flexibility index (Phi) is 12.4. The van der Waals surface area contributed by atoms with E-state index in [0.29, 0.717) is 22.6 Å². The highest BCUT2D eigenvalue weighted by molar-refractivity contribution is 7.99. The number of amides is 1. The molecule has 0 saturated heterocycles. The van der Waals surface area contributed by atoms with Crippen molar-refractivity contribution in [1.29, 1.82) is 0 Å². The lowest BCUT2D eigenvalue weighted by molar-refractivity contribution is -0.118. The fraction of sp³-hybridized carbons (Fsp3) is 0.722. The van der Waals surface area contributed by atoms with Crippen LogP contribution >= 0.6 is 23.4 Å². The van der Waals surface area contributed by atoms with Crippen molar-refractivity contribution >= 4 is 35.1 Å². The Morgan fingerprint density at radius 3 is 2.54 bits per heavy atom. The molecule has 1 amide bonds. The van der Waals surface area contributed by atoms with Crippen molar-refractivity contribution in [2.45, 2.75) is 57.5 Å². The highest BCUT2D eigenvalue weighted by atomic mass is 35.5. The van der Waals surface area contributed by atoms with Gasteiger partial charge < -0.3 is 16.0 Å². The van der Waals surface area contributed by atoms with Crippen LogP contribution in [0.4, 0.5) is 5.82 Å². The number of unbranched alkanes of at least 4 members (excludes halogenated alkanes) is 3. The van der Waals surface area contributed by atoms with Gasteiger partial charge in [0.1, 0.15) is 11.0 Å². The van der Waals surface area contributed by atoms with E-state index in [1.807, 2.05) is 0 Å². The van der Waals surface area contributed by atoms with Gasteiger partial charge in [-0.1, -0.05) is 50.1 Å². The Balaban J connectivity index is 2.47. The second kappa shape index (κ2) is 14.1. The second-order valence-electron chi connectivity index (χ2n) is 6.16. The molecule has 1 aromatic heterocycles. The normalized spacial score (nSPS) is 10.8. The molecule has 0 atom stereocenters. The van der Waals surface area contributed by atoms with Gasteiger partial charge in [-0.25, -0.2) is 9.97 Å². The Labute approximate surface area is 166 Å². The van der Waals surface area contributed by atoms with Gasteiger partial charge >= 0.3 is 0 Å². The third-order valence-corrected chi connectivity index (χ3v) is 4.80. The average molecular weight is 402 g/mol. The van der Waals surface area contributed by atoms with Crippen LogP contribution in [0.1, 0.15) is 52.4 Å². The van der Waals surface area contributed by atoms with Crippen LogP contribution in [0.15, 0.2) is 11.2 Å². The molecule has 148 valence electrons. The SMILES string of the molecule is CCCN(CCC)c1cc(Cl)nc(SCC(=O)NCCCCCCN)n1. The first-order valence-corrected chi connectivity index (χ1v) is 10.9. The average Bonchev–Trinajstić information content (AvgIpc) is 2.62. The monoisotopic (exact) mass is 401 g/mol. The molecule has 1 aromatic rings. The van der Waals surface area contributed by atoms with Crippen LogP contribution in [0, 0.1) is 0 Å². The number of anilines is 1. The van der Waals surface area contributed by atoms with E-state index in [1.165, 1.54) is 11.8 Å². The number of thioether (sulfide) groups is 1. The van der Waals surface area contributed by atoms with Crippen molar-refractivity contribution in [3.63, 3.8) is 0 Å². The summed E-state index contributed by atoms with van der Waals surface area (Å²) in [6.45, 7) is 7.57. The highest BCUT2D eigenvalue weighted by Crippen LogP contribution is 2.22. The number of halogens is 1. The molecule has 0 aromatic carbocycles. The number of hydrogen-bond donors (Lipinski definition) is 2. The summed E-state index contributed by atoms with van der Waals surface area (Å²) in [6.07, 6.45) is 6.32. The zero-order valence-electron chi connectivity index (χ0n) is 16.0. The summed E-state index contributed by atoms with van der Waals surface area (Å²) in [5, 5.41) is 3.89. The zero-order chi connectivity index (χ0) is 19.2. The van der Waals surface area contributed by atoms with Gasteiger partial charge in [-0.15, -0.1) is 0 Å². The predicted molar refractivity (Wildman–Crippen MR) is 111 cm³/mol. The molecule has 0 aliphatic carbocycles. The van der Waals surface area contributed by atoms with Crippen molar-refractivity contribution in [2.24, 2.45) is 5.73 Å². The largest absolute Gasteiger partial charge is 0.356 e. The van der Waals surface area contributed by atoms with Crippen LogP contribution in [0.5, 0.6) is 0 Å². The number of carbonyl (C=O) groups excluding carboxylic acids is 1. The third-order valence-electron chi connectivity index (χ3n) is 3.76. The minimum Gasteiger partial charge on any atom is -0.356 e. The zero-order valence-corrected chi connectivity index (χ0v) is 17.5. The van der Waals surface area contributed by atoms with Crippen molar-refractivity contribution in [3.05, 3.63) is 11.2 Å². The van der Waals surface area contributed by atoms with Crippen molar-refractivity contribution in [2.75, 3.05) is 36.8 Å². The number of carbonyl (C=O) groups is 1. The Hall–Kier alpha value is -1.05. The topological polar surface area (TPSA) is 84.1 Å². The van der Waals surface area contributed by atoms with Gasteiger partial charge in [0, 0.05) is 25.7 Å². The Morgan fingerprint density at radius 2 is 1.88 bits per heavy atom. The van der Waals surface area contributed by atoms with E-state index in [0.717, 1.165) is 64.0 Å². The molecular formula is C18H32ClN5OS. The Morgan fingerprint density at radius 1 is 1.19 bits per heavy atom. The molecule has 0 radical (unpaired) electrons. The number of nitrogens with two attached hydrogens (primary N) is 1. The van der Waals surface area contributed by atoms with E-state index in [-0.39, 0.29) is 5.91 Å². The van der Waals surface area contributed by atoms with Crippen LogP contribution in [0.2, 0.25) is 5.15 Å². The molecule has 0 fully saturated rings. The number of nitrogens with one attached hydrogen (secondary N) is 1. The summed E-state index contributed by atoms with van der Waals surface area (Å²) in [7, 11) is 0. The molecule has 0 aliphatic heterocycles. The minimum absolute atomic E-state index is 0.00192. The van der Waals surface area contributed by atoms with Gasteiger partial charge in [-0.05, 0) is 32.2 Å². The van der Waals surface area contributed by atoms with E-state index in [9.17, 15) is 4.79 Å². The van der Waals surface area contributed by atoms with Crippen molar-refractivity contribution in [3.8, 4) is 0 Å². The summed E-state index contributed by atoms with van der Waals surface area (Å²) >= 11 is 7.47. The lowest BCUT2D eigenvalue weighted by Gasteiger charge is -2.22. The lowest BCUT2D eigenvalue weighted by atomic mass is 10.2. The summed E-state index contributed by atoms with van der Waals surface area (Å²) < 4.78 is 0. The van der Waals surface area contributed by atoms with Gasteiger partial charge in [-0.3, -0.25) is 4.79 Å². The van der Waals surface area contributed by atoms with Crippen LogP contribution in [0.25, 0.3) is 0 Å². The standard InChI is InChI=1S/C18H32ClN5OS/c1-3-11-24(12-4-2)16-13-15(19)22-18(23-16)26-14-17(25)21-10-8-6-5-7-9-20/h13H,3-12,14,20H2,1-2H3,(H,21,25). The van der Waals surface area contributed by atoms with Gasteiger partial charge in [0.05, 0.1) is 5.75 Å². The van der Waals surface area contributed by atoms with E-state index in [1.54, 1.807) is 6.07 Å². The molecule has 1 rings (SSSR count). The third kappa shape index (κ3) is 9.59. The van der Waals surface area contributed by atoms with Gasteiger partial charge in [0.25, 0.3) is 0 Å². The van der Waals surface area contributed by atoms with Crippen molar-refractivity contribution < 1.29 is 4.79 Å². The highest BCUT2D eigenvalue weighted by Gasteiger charge is 2.12. The van der Waals surface area contributed by atoms with Crippen LogP contribution in [-0.2, 0) is 4.79 Å². The quantitative estimate of drug-likeness (QED) is 0.215. The maximum absolute atomic E-state index is 12.0. The molecule has 0 aliphatic rings. The molecule has 1 heterocycles.